The van der Waals surface area contributed by atoms with Crippen molar-refractivity contribution in [3.05, 3.63) is 29.8 Å². The summed E-state index contributed by atoms with van der Waals surface area (Å²) >= 11 is 1.89. The van der Waals surface area contributed by atoms with Crippen molar-refractivity contribution in [3.63, 3.8) is 0 Å². The van der Waals surface area contributed by atoms with Crippen LogP contribution >= 0.6 is 11.8 Å². The van der Waals surface area contributed by atoms with Crippen molar-refractivity contribution in [2.45, 2.75) is 18.3 Å². The van der Waals surface area contributed by atoms with Gasteiger partial charge in [0, 0.05) is 24.4 Å². The first-order valence-corrected chi connectivity index (χ1v) is 7.02. The van der Waals surface area contributed by atoms with Crippen LogP contribution in [0.4, 0.5) is 0 Å². The lowest BCUT2D eigenvalue weighted by molar-refractivity contribution is 0.0580. The summed E-state index contributed by atoms with van der Waals surface area (Å²) < 4.78 is 5.46. The van der Waals surface area contributed by atoms with Gasteiger partial charge in [-0.15, -0.1) is 0 Å². The number of hydrogen-bond donors (Lipinski definition) is 1. The van der Waals surface area contributed by atoms with Gasteiger partial charge in [-0.05, 0) is 36.8 Å². The highest BCUT2D eigenvalue weighted by Gasteiger charge is 2.33. The van der Waals surface area contributed by atoms with Crippen molar-refractivity contribution in [2.24, 2.45) is 0 Å². The summed E-state index contributed by atoms with van der Waals surface area (Å²) in [5, 5.41) is 9.34. The molecule has 1 aliphatic rings. The zero-order valence-electron chi connectivity index (χ0n) is 9.61. The Bertz CT molecular complexity index is 323. The average molecular weight is 238 g/mol. The van der Waals surface area contributed by atoms with Crippen LogP contribution in [0.2, 0.25) is 0 Å². The molecule has 3 heteroatoms. The first kappa shape index (κ1) is 11.8. The minimum Gasteiger partial charge on any atom is -0.508 e. The highest BCUT2D eigenvalue weighted by atomic mass is 32.2. The van der Waals surface area contributed by atoms with Gasteiger partial charge in [-0.3, -0.25) is 0 Å². The molecule has 88 valence electrons. The predicted molar refractivity (Wildman–Crippen MR) is 68.2 cm³/mol. The highest BCUT2D eigenvalue weighted by Crippen LogP contribution is 2.37. The standard InChI is InChI=1S/C13H18O2S/c1-16-10-13(6-8-15-9-7-13)11-2-4-12(14)5-3-11/h2-5,14H,6-10H2,1H3. The number of phenolic OH excluding ortho intramolecular Hbond substituents is 1. The monoisotopic (exact) mass is 238 g/mol. The van der Waals surface area contributed by atoms with Gasteiger partial charge in [0.15, 0.2) is 0 Å². The Kier molecular flexibility index (Phi) is 3.77. The van der Waals surface area contributed by atoms with E-state index in [-0.39, 0.29) is 5.41 Å². The fourth-order valence-corrected chi connectivity index (χ4v) is 3.38. The summed E-state index contributed by atoms with van der Waals surface area (Å²) in [5.41, 5.74) is 1.58. The Morgan fingerprint density at radius 3 is 2.44 bits per heavy atom. The fraction of sp³-hybridized carbons (Fsp3) is 0.538. The summed E-state index contributed by atoms with van der Waals surface area (Å²) in [6.45, 7) is 1.70. The van der Waals surface area contributed by atoms with Crippen molar-refractivity contribution in [1.29, 1.82) is 0 Å². The van der Waals surface area contributed by atoms with Gasteiger partial charge in [0.25, 0.3) is 0 Å². The number of rotatable bonds is 3. The Hall–Kier alpha value is -0.670. The minimum atomic E-state index is 0.241. The smallest absolute Gasteiger partial charge is 0.115 e. The van der Waals surface area contributed by atoms with Gasteiger partial charge in [0.2, 0.25) is 0 Å². The molecule has 0 amide bonds. The Morgan fingerprint density at radius 1 is 1.25 bits per heavy atom. The first-order chi connectivity index (χ1) is 7.77. The molecule has 0 bridgehead atoms. The molecule has 1 saturated heterocycles. The molecule has 16 heavy (non-hydrogen) atoms. The number of thioether (sulfide) groups is 1. The summed E-state index contributed by atoms with van der Waals surface area (Å²) in [5.74, 6) is 1.47. The normalized spacial score (nSPS) is 19.6. The van der Waals surface area contributed by atoms with Crippen LogP contribution in [0, 0.1) is 0 Å². The lowest BCUT2D eigenvalue weighted by Gasteiger charge is -2.37. The SMILES string of the molecule is CSCC1(c2ccc(O)cc2)CCOCC1. The fourth-order valence-electron chi connectivity index (χ4n) is 2.37. The molecule has 1 aromatic carbocycles. The second-order valence-corrected chi connectivity index (χ2v) is 5.24. The molecule has 1 aromatic rings. The molecule has 1 aliphatic heterocycles. The van der Waals surface area contributed by atoms with E-state index < -0.39 is 0 Å². The van der Waals surface area contributed by atoms with Crippen LogP contribution in [0.5, 0.6) is 5.75 Å². The van der Waals surface area contributed by atoms with Crippen molar-refractivity contribution in [3.8, 4) is 5.75 Å². The van der Waals surface area contributed by atoms with Crippen LogP contribution in [0.25, 0.3) is 0 Å². The van der Waals surface area contributed by atoms with E-state index in [2.05, 4.69) is 18.4 Å². The van der Waals surface area contributed by atoms with Crippen LogP contribution in [-0.2, 0) is 10.2 Å². The molecular weight excluding hydrogens is 220 g/mol. The molecule has 0 spiro atoms. The van der Waals surface area contributed by atoms with Crippen molar-refractivity contribution in [1.82, 2.24) is 0 Å². The molecule has 0 aromatic heterocycles. The van der Waals surface area contributed by atoms with Crippen LogP contribution in [0.1, 0.15) is 18.4 Å². The van der Waals surface area contributed by atoms with E-state index in [1.807, 2.05) is 11.8 Å². The minimum absolute atomic E-state index is 0.241. The molecule has 0 radical (unpaired) electrons. The second kappa shape index (κ2) is 5.11. The first-order valence-electron chi connectivity index (χ1n) is 5.63. The van der Waals surface area contributed by atoms with Gasteiger partial charge in [-0.2, -0.15) is 11.8 Å². The summed E-state index contributed by atoms with van der Waals surface area (Å²) in [7, 11) is 0. The van der Waals surface area contributed by atoms with Gasteiger partial charge >= 0.3 is 0 Å². The number of phenols is 1. The van der Waals surface area contributed by atoms with Crippen LogP contribution in [0.15, 0.2) is 24.3 Å². The number of hydrogen-bond acceptors (Lipinski definition) is 3. The van der Waals surface area contributed by atoms with E-state index in [9.17, 15) is 5.11 Å². The Labute approximate surface area is 101 Å². The predicted octanol–water partition coefficient (Wildman–Crippen LogP) is 2.80. The van der Waals surface area contributed by atoms with Gasteiger partial charge in [-0.1, -0.05) is 12.1 Å². The van der Waals surface area contributed by atoms with Gasteiger partial charge in [0.05, 0.1) is 0 Å². The summed E-state index contributed by atoms with van der Waals surface area (Å²) in [6.07, 6.45) is 4.31. The Balaban J connectivity index is 2.26. The number of ether oxygens (including phenoxy) is 1. The third kappa shape index (κ3) is 2.36. The molecule has 2 nitrogen and oxygen atoms in total. The van der Waals surface area contributed by atoms with E-state index in [0.29, 0.717) is 5.75 Å². The Morgan fingerprint density at radius 2 is 1.88 bits per heavy atom. The third-order valence-corrected chi connectivity index (χ3v) is 4.19. The molecule has 1 fully saturated rings. The molecule has 2 rings (SSSR count). The maximum absolute atomic E-state index is 9.34. The van der Waals surface area contributed by atoms with E-state index in [1.165, 1.54) is 5.56 Å². The zero-order chi connectivity index (χ0) is 11.4. The van der Waals surface area contributed by atoms with E-state index >= 15 is 0 Å². The van der Waals surface area contributed by atoms with E-state index in [0.717, 1.165) is 31.8 Å². The van der Waals surface area contributed by atoms with Crippen molar-refractivity contribution in [2.75, 3.05) is 25.2 Å². The van der Waals surface area contributed by atoms with E-state index in [1.54, 1.807) is 12.1 Å². The second-order valence-electron chi connectivity index (χ2n) is 4.37. The van der Waals surface area contributed by atoms with Crippen LogP contribution in [0.3, 0.4) is 0 Å². The average Bonchev–Trinajstić information content (AvgIpc) is 2.31. The third-order valence-electron chi connectivity index (χ3n) is 3.35. The molecular formula is C13H18O2S. The zero-order valence-corrected chi connectivity index (χ0v) is 10.4. The van der Waals surface area contributed by atoms with Gasteiger partial charge in [-0.25, -0.2) is 0 Å². The van der Waals surface area contributed by atoms with Crippen molar-refractivity contribution < 1.29 is 9.84 Å². The lowest BCUT2D eigenvalue weighted by atomic mass is 9.76. The largest absolute Gasteiger partial charge is 0.508 e. The topological polar surface area (TPSA) is 29.5 Å². The number of benzene rings is 1. The van der Waals surface area contributed by atoms with Gasteiger partial charge < -0.3 is 9.84 Å². The lowest BCUT2D eigenvalue weighted by Crippen LogP contribution is -2.36. The molecule has 1 heterocycles. The maximum Gasteiger partial charge on any atom is 0.115 e. The number of aromatic hydroxyl groups is 1. The quantitative estimate of drug-likeness (QED) is 0.878. The highest BCUT2D eigenvalue weighted by molar-refractivity contribution is 7.98. The molecule has 0 atom stereocenters. The van der Waals surface area contributed by atoms with Crippen molar-refractivity contribution >= 4 is 11.8 Å². The maximum atomic E-state index is 9.34. The van der Waals surface area contributed by atoms with E-state index in [4.69, 9.17) is 4.74 Å². The molecule has 1 N–H and O–H groups in total. The molecule has 0 aliphatic carbocycles. The van der Waals surface area contributed by atoms with Crippen LogP contribution in [-0.4, -0.2) is 30.3 Å². The summed E-state index contributed by atoms with van der Waals surface area (Å²) in [4.78, 5) is 0. The van der Waals surface area contributed by atoms with Crippen LogP contribution < -0.4 is 0 Å². The van der Waals surface area contributed by atoms with Gasteiger partial charge in [0.1, 0.15) is 5.75 Å². The molecule has 0 saturated carbocycles. The molecule has 0 unspecified atom stereocenters. The summed E-state index contributed by atoms with van der Waals surface area (Å²) in [6, 6.07) is 7.67.